The van der Waals surface area contributed by atoms with Gasteiger partial charge in [0.1, 0.15) is 0 Å². The van der Waals surface area contributed by atoms with E-state index < -0.39 is 0 Å². The van der Waals surface area contributed by atoms with Gasteiger partial charge in [0.2, 0.25) is 0 Å². The number of hydrogen-bond donors (Lipinski definition) is 1. The molecule has 0 saturated carbocycles. The smallest absolute Gasteiger partial charge is 0.0431 e. The van der Waals surface area contributed by atoms with Gasteiger partial charge in [0, 0.05) is 6.61 Å². The lowest BCUT2D eigenvalue weighted by atomic mass is 9.97. The lowest BCUT2D eigenvalue weighted by Gasteiger charge is -2.09. The Morgan fingerprint density at radius 2 is 1.54 bits per heavy atom. The van der Waals surface area contributed by atoms with E-state index in [0.29, 0.717) is 6.61 Å². The van der Waals surface area contributed by atoms with Crippen molar-refractivity contribution in [1.82, 2.24) is 0 Å². The zero-order chi connectivity index (χ0) is 9.94. The summed E-state index contributed by atoms with van der Waals surface area (Å²) in [5, 5.41) is 8.63. The van der Waals surface area contributed by atoms with E-state index in [1.807, 2.05) is 0 Å². The van der Waals surface area contributed by atoms with Gasteiger partial charge in [-0.3, -0.25) is 0 Å². The van der Waals surface area contributed by atoms with E-state index >= 15 is 0 Å². The summed E-state index contributed by atoms with van der Waals surface area (Å²) in [6, 6.07) is 0. The summed E-state index contributed by atoms with van der Waals surface area (Å²) >= 11 is 0. The third-order valence-electron chi connectivity index (χ3n) is 2.66. The topological polar surface area (TPSA) is 20.2 Å². The summed E-state index contributed by atoms with van der Waals surface area (Å²) in [5.74, 6) is 0.864. The number of unbranched alkanes of at least 4 members (excludes halogenated alkanes) is 4. The molecule has 0 fully saturated rings. The van der Waals surface area contributed by atoms with Crippen LogP contribution in [0.5, 0.6) is 0 Å². The zero-order valence-corrected chi connectivity index (χ0v) is 9.39. The molecule has 0 aliphatic rings. The quantitative estimate of drug-likeness (QED) is 0.544. The molecular formula is C12H26O. The minimum atomic E-state index is 0.364. The molecule has 0 heterocycles. The predicted molar refractivity (Wildman–Crippen MR) is 58.9 cm³/mol. The molecule has 1 N–H and O–H groups in total. The highest BCUT2D eigenvalue weighted by Crippen LogP contribution is 2.15. The maximum absolute atomic E-state index is 8.63. The zero-order valence-electron chi connectivity index (χ0n) is 9.39. The van der Waals surface area contributed by atoms with Crippen molar-refractivity contribution in [2.75, 3.05) is 6.61 Å². The largest absolute Gasteiger partial charge is 0.396 e. The third-order valence-corrected chi connectivity index (χ3v) is 2.66. The van der Waals surface area contributed by atoms with Crippen molar-refractivity contribution in [3.63, 3.8) is 0 Å². The maximum atomic E-state index is 8.63. The summed E-state index contributed by atoms with van der Waals surface area (Å²) < 4.78 is 0. The third kappa shape index (κ3) is 9.88. The lowest BCUT2D eigenvalue weighted by molar-refractivity contribution is 0.277. The van der Waals surface area contributed by atoms with Crippen LogP contribution in [0.1, 0.15) is 65.2 Å². The summed E-state index contributed by atoms with van der Waals surface area (Å²) in [7, 11) is 0. The van der Waals surface area contributed by atoms with Gasteiger partial charge in [-0.05, 0) is 12.3 Å². The van der Waals surface area contributed by atoms with Gasteiger partial charge in [-0.1, -0.05) is 58.8 Å². The van der Waals surface area contributed by atoms with E-state index in [1.54, 1.807) is 0 Å². The Labute approximate surface area is 83.5 Å². The molecule has 1 nitrogen and oxygen atoms in total. The first-order chi connectivity index (χ1) is 6.31. The molecule has 0 unspecified atom stereocenters. The van der Waals surface area contributed by atoms with Crippen molar-refractivity contribution in [3.8, 4) is 0 Å². The fourth-order valence-electron chi connectivity index (χ4n) is 1.67. The van der Waals surface area contributed by atoms with Crippen LogP contribution in [0.2, 0.25) is 0 Å². The van der Waals surface area contributed by atoms with Gasteiger partial charge in [0.15, 0.2) is 0 Å². The van der Waals surface area contributed by atoms with Crippen molar-refractivity contribution in [2.45, 2.75) is 65.2 Å². The fourth-order valence-corrected chi connectivity index (χ4v) is 1.67. The number of aliphatic hydroxyl groups is 1. The van der Waals surface area contributed by atoms with Crippen LogP contribution in [0.15, 0.2) is 0 Å². The van der Waals surface area contributed by atoms with Crippen molar-refractivity contribution < 1.29 is 5.11 Å². The predicted octanol–water partition coefficient (Wildman–Crippen LogP) is 3.76. The second kappa shape index (κ2) is 10.0. The van der Waals surface area contributed by atoms with E-state index in [9.17, 15) is 0 Å². The van der Waals surface area contributed by atoms with Gasteiger partial charge in [-0.15, -0.1) is 0 Å². The molecule has 0 saturated heterocycles. The highest BCUT2D eigenvalue weighted by molar-refractivity contribution is 4.54. The molecule has 0 bridgehead atoms. The molecule has 0 aromatic heterocycles. The molecule has 0 aliphatic carbocycles. The van der Waals surface area contributed by atoms with Crippen LogP contribution >= 0.6 is 0 Å². The van der Waals surface area contributed by atoms with E-state index in [-0.39, 0.29) is 0 Å². The second-order valence-electron chi connectivity index (χ2n) is 4.17. The van der Waals surface area contributed by atoms with Gasteiger partial charge in [-0.25, -0.2) is 0 Å². The van der Waals surface area contributed by atoms with E-state index in [4.69, 9.17) is 5.11 Å². The average molecular weight is 186 g/mol. The van der Waals surface area contributed by atoms with Crippen molar-refractivity contribution in [2.24, 2.45) is 5.92 Å². The van der Waals surface area contributed by atoms with Crippen LogP contribution in [-0.2, 0) is 0 Å². The number of rotatable bonds is 9. The van der Waals surface area contributed by atoms with Crippen LogP contribution in [0.3, 0.4) is 0 Å². The van der Waals surface area contributed by atoms with E-state index in [0.717, 1.165) is 12.3 Å². The van der Waals surface area contributed by atoms with Crippen molar-refractivity contribution in [1.29, 1.82) is 0 Å². The molecule has 0 rings (SSSR count). The van der Waals surface area contributed by atoms with Crippen LogP contribution in [-0.4, -0.2) is 11.7 Å². The standard InChI is InChI=1S/C12H26O/c1-3-4-5-6-9-12(2)10-7-8-11-13/h12-13H,3-11H2,1-2H3/t12-/m0/s1. The van der Waals surface area contributed by atoms with Gasteiger partial charge >= 0.3 is 0 Å². The Morgan fingerprint density at radius 3 is 2.08 bits per heavy atom. The Bertz CT molecular complexity index is 91.1. The van der Waals surface area contributed by atoms with Crippen LogP contribution in [0.25, 0.3) is 0 Å². The van der Waals surface area contributed by atoms with Crippen LogP contribution < -0.4 is 0 Å². The molecule has 0 aromatic carbocycles. The van der Waals surface area contributed by atoms with E-state index in [2.05, 4.69) is 13.8 Å². The maximum Gasteiger partial charge on any atom is 0.0431 e. The number of hydrogen-bond acceptors (Lipinski definition) is 1. The molecule has 0 amide bonds. The van der Waals surface area contributed by atoms with Gasteiger partial charge < -0.3 is 5.11 Å². The summed E-state index contributed by atoms with van der Waals surface area (Å²) in [6.07, 6.45) is 10.4. The second-order valence-corrected chi connectivity index (χ2v) is 4.17. The normalized spacial score (nSPS) is 13.2. The summed E-state index contributed by atoms with van der Waals surface area (Å²) in [5.41, 5.74) is 0. The number of aliphatic hydroxyl groups excluding tert-OH is 1. The molecule has 1 heteroatoms. The first-order valence-corrected chi connectivity index (χ1v) is 5.92. The first kappa shape index (κ1) is 13.0. The highest BCUT2D eigenvalue weighted by atomic mass is 16.2. The molecule has 13 heavy (non-hydrogen) atoms. The molecule has 0 radical (unpaired) electrons. The molecule has 0 aromatic rings. The van der Waals surface area contributed by atoms with E-state index in [1.165, 1.54) is 44.9 Å². The molecule has 0 aliphatic heterocycles. The summed E-state index contributed by atoms with van der Waals surface area (Å²) in [4.78, 5) is 0. The fraction of sp³-hybridized carbons (Fsp3) is 1.00. The monoisotopic (exact) mass is 186 g/mol. The summed E-state index contributed by atoms with van der Waals surface area (Å²) in [6.45, 7) is 4.95. The minimum absolute atomic E-state index is 0.364. The molecular weight excluding hydrogens is 160 g/mol. The van der Waals surface area contributed by atoms with Gasteiger partial charge in [0.25, 0.3) is 0 Å². The Balaban J connectivity index is 3.05. The Morgan fingerprint density at radius 1 is 0.923 bits per heavy atom. The molecule has 1 atom stereocenters. The first-order valence-electron chi connectivity index (χ1n) is 5.92. The average Bonchev–Trinajstić information content (AvgIpc) is 2.13. The van der Waals surface area contributed by atoms with Crippen LogP contribution in [0.4, 0.5) is 0 Å². The van der Waals surface area contributed by atoms with Gasteiger partial charge in [-0.2, -0.15) is 0 Å². The molecule has 0 spiro atoms. The van der Waals surface area contributed by atoms with Crippen molar-refractivity contribution >= 4 is 0 Å². The lowest BCUT2D eigenvalue weighted by Crippen LogP contribution is -1.95. The minimum Gasteiger partial charge on any atom is -0.396 e. The highest BCUT2D eigenvalue weighted by Gasteiger charge is 2.00. The Hall–Kier alpha value is -0.0400. The molecule has 80 valence electrons. The Kier molecular flexibility index (Phi) is 10.0. The SMILES string of the molecule is CCCCCC[C@H](C)CCCCO. The van der Waals surface area contributed by atoms with Gasteiger partial charge in [0.05, 0.1) is 0 Å². The van der Waals surface area contributed by atoms with Crippen molar-refractivity contribution in [3.05, 3.63) is 0 Å². The van der Waals surface area contributed by atoms with Crippen LogP contribution in [0, 0.1) is 5.92 Å².